The summed E-state index contributed by atoms with van der Waals surface area (Å²) in [5.41, 5.74) is 3.81. The molecule has 180 valence electrons. The van der Waals surface area contributed by atoms with E-state index >= 15 is 0 Å². The molecule has 0 heterocycles. The number of hydrogen-bond donors (Lipinski definition) is 4. The number of halogens is 1. The summed E-state index contributed by atoms with van der Waals surface area (Å²) in [6, 6.07) is 17.1. The molecule has 1 aliphatic carbocycles. The van der Waals surface area contributed by atoms with Crippen LogP contribution in [0.4, 0.5) is 14.9 Å². The molecule has 2 atom stereocenters. The van der Waals surface area contributed by atoms with Crippen molar-refractivity contribution < 1.29 is 33.7 Å². The van der Waals surface area contributed by atoms with E-state index in [4.69, 9.17) is 4.74 Å². The van der Waals surface area contributed by atoms with Crippen LogP contribution in [0.15, 0.2) is 66.7 Å². The minimum Gasteiger partial charge on any atom is -0.480 e. The Kier molecular flexibility index (Phi) is 6.79. The minimum absolute atomic E-state index is 0.0334. The number of hydrogen-bond acceptors (Lipinski definition) is 5. The lowest BCUT2D eigenvalue weighted by atomic mass is 9.98. The summed E-state index contributed by atoms with van der Waals surface area (Å²) in [5.74, 6) is -3.38. The summed E-state index contributed by atoms with van der Waals surface area (Å²) in [6.07, 6.45) is -2.26. The van der Waals surface area contributed by atoms with Crippen molar-refractivity contribution >= 4 is 23.7 Å². The number of aliphatic hydroxyl groups is 1. The fraction of sp³-hybridized carbons (Fsp3) is 0.192. The zero-order chi connectivity index (χ0) is 25.1. The van der Waals surface area contributed by atoms with Crippen LogP contribution < -0.4 is 10.6 Å². The lowest BCUT2D eigenvalue weighted by Gasteiger charge is -2.19. The van der Waals surface area contributed by atoms with Crippen molar-refractivity contribution in [2.75, 3.05) is 11.9 Å². The van der Waals surface area contributed by atoms with Gasteiger partial charge in [-0.2, -0.15) is 0 Å². The van der Waals surface area contributed by atoms with E-state index in [0.717, 1.165) is 34.4 Å². The van der Waals surface area contributed by atoms with Gasteiger partial charge in [0, 0.05) is 5.92 Å². The molecule has 8 nitrogen and oxygen atoms in total. The van der Waals surface area contributed by atoms with E-state index in [2.05, 4.69) is 10.6 Å². The Bertz CT molecular complexity index is 1250. The monoisotopic (exact) mass is 478 g/mol. The van der Waals surface area contributed by atoms with Gasteiger partial charge in [-0.15, -0.1) is 0 Å². The van der Waals surface area contributed by atoms with Gasteiger partial charge in [-0.25, -0.2) is 14.0 Å². The summed E-state index contributed by atoms with van der Waals surface area (Å²) < 4.78 is 19.3. The molecule has 9 heteroatoms. The first-order valence-electron chi connectivity index (χ1n) is 10.9. The average Bonchev–Trinajstić information content (AvgIpc) is 3.15. The van der Waals surface area contributed by atoms with Crippen LogP contribution in [0, 0.1) is 5.82 Å². The van der Waals surface area contributed by atoms with Gasteiger partial charge >= 0.3 is 12.1 Å². The molecular weight excluding hydrogens is 455 g/mol. The van der Waals surface area contributed by atoms with Crippen LogP contribution in [-0.2, 0) is 9.53 Å². The first kappa shape index (κ1) is 23.9. The van der Waals surface area contributed by atoms with Gasteiger partial charge in [0.25, 0.3) is 5.91 Å². The van der Waals surface area contributed by atoms with E-state index in [1.165, 1.54) is 13.0 Å². The van der Waals surface area contributed by atoms with E-state index in [9.17, 15) is 29.0 Å². The van der Waals surface area contributed by atoms with Gasteiger partial charge < -0.3 is 20.3 Å². The van der Waals surface area contributed by atoms with Crippen molar-refractivity contribution in [1.29, 1.82) is 0 Å². The standard InChI is InChI=1S/C26H23FN2O6/c1-14(30)23(25(32)33)29-24(31)20-12-15(27)10-11-22(20)28-26(34)35-13-21-18-8-4-2-6-16(18)17-7-3-5-9-19(17)21/h2-12,14,21,23,30H,13H2,1H3,(H,28,34)(H,29,31)(H,32,33). The predicted octanol–water partition coefficient (Wildman–Crippen LogP) is 3.75. The number of anilines is 1. The molecule has 0 bridgehead atoms. The molecule has 35 heavy (non-hydrogen) atoms. The molecular formula is C26H23FN2O6. The Morgan fingerprint density at radius 3 is 2.17 bits per heavy atom. The van der Waals surface area contributed by atoms with Crippen LogP contribution >= 0.6 is 0 Å². The van der Waals surface area contributed by atoms with Gasteiger partial charge in [-0.3, -0.25) is 10.1 Å². The molecule has 0 saturated heterocycles. The number of ether oxygens (including phenoxy) is 1. The van der Waals surface area contributed by atoms with Gasteiger partial charge in [0.15, 0.2) is 6.04 Å². The Hall–Kier alpha value is -4.24. The normalized spacial score (nSPS) is 13.8. The number of carbonyl (C=O) groups excluding carboxylic acids is 2. The fourth-order valence-corrected chi connectivity index (χ4v) is 4.17. The third kappa shape index (κ3) is 4.99. The molecule has 2 unspecified atom stereocenters. The summed E-state index contributed by atoms with van der Waals surface area (Å²) in [6.45, 7) is 1.23. The number of carboxylic acids is 1. The molecule has 0 saturated carbocycles. The first-order valence-corrected chi connectivity index (χ1v) is 10.9. The lowest BCUT2D eigenvalue weighted by molar-refractivity contribution is -0.141. The van der Waals surface area contributed by atoms with Crippen molar-refractivity contribution in [3.63, 3.8) is 0 Å². The molecule has 2 amide bonds. The van der Waals surface area contributed by atoms with E-state index in [-0.39, 0.29) is 23.8 Å². The van der Waals surface area contributed by atoms with Crippen molar-refractivity contribution in [1.82, 2.24) is 5.32 Å². The SMILES string of the molecule is CC(O)C(NC(=O)c1cc(F)ccc1NC(=O)OCC1c2ccccc2-c2ccccc21)C(=O)O. The third-order valence-corrected chi connectivity index (χ3v) is 5.84. The second kappa shape index (κ2) is 9.94. The Balaban J connectivity index is 1.49. The van der Waals surface area contributed by atoms with Crippen molar-refractivity contribution in [3.05, 3.63) is 89.2 Å². The molecule has 4 rings (SSSR count). The number of aliphatic hydroxyl groups excluding tert-OH is 1. The molecule has 0 fully saturated rings. The quantitative estimate of drug-likeness (QED) is 0.410. The topological polar surface area (TPSA) is 125 Å². The van der Waals surface area contributed by atoms with Crippen molar-refractivity contribution in [2.24, 2.45) is 0 Å². The van der Waals surface area contributed by atoms with Gasteiger partial charge in [-0.1, -0.05) is 48.5 Å². The zero-order valence-corrected chi connectivity index (χ0v) is 18.7. The third-order valence-electron chi connectivity index (χ3n) is 5.84. The number of carbonyl (C=O) groups is 3. The molecule has 1 aliphatic rings. The van der Waals surface area contributed by atoms with Crippen LogP contribution in [0.2, 0.25) is 0 Å². The van der Waals surface area contributed by atoms with E-state index in [0.29, 0.717) is 0 Å². The fourth-order valence-electron chi connectivity index (χ4n) is 4.17. The van der Waals surface area contributed by atoms with Crippen LogP contribution in [0.3, 0.4) is 0 Å². The minimum atomic E-state index is -1.62. The van der Waals surface area contributed by atoms with Crippen LogP contribution in [-0.4, -0.2) is 46.9 Å². The number of aliphatic carboxylic acids is 1. The Morgan fingerprint density at radius 1 is 1.00 bits per heavy atom. The first-order chi connectivity index (χ1) is 16.8. The summed E-state index contributed by atoms with van der Waals surface area (Å²) in [4.78, 5) is 36.5. The Labute approximate surface area is 200 Å². The highest BCUT2D eigenvalue weighted by molar-refractivity contribution is 6.04. The molecule has 0 aromatic heterocycles. The maximum Gasteiger partial charge on any atom is 0.411 e. The molecule has 0 spiro atoms. The number of rotatable bonds is 7. The molecule has 4 N–H and O–H groups in total. The molecule has 3 aromatic carbocycles. The maximum absolute atomic E-state index is 13.8. The maximum atomic E-state index is 13.8. The average molecular weight is 478 g/mol. The molecule has 0 aliphatic heterocycles. The van der Waals surface area contributed by atoms with Crippen LogP contribution in [0.5, 0.6) is 0 Å². The molecule has 3 aromatic rings. The number of carboxylic acid groups (broad SMARTS) is 1. The lowest BCUT2D eigenvalue weighted by Crippen LogP contribution is -2.47. The zero-order valence-electron chi connectivity index (χ0n) is 18.7. The van der Waals surface area contributed by atoms with Gasteiger partial charge in [0.05, 0.1) is 17.4 Å². The smallest absolute Gasteiger partial charge is 0.411 e. The number of benzene rings is 3. The largest absolute Gasteiger partial charge is 0.480 e. The summed E-state index contributed by atoms with van der Waals surface area (Å²) in [7, 11) is 0. The summed E-state index contributed by atoms with van der Waals surface area (Å²) >= 11 is 0. The van der Waals surface area contributed by atoms with Crippen LogP contribution in [0.25, 0.3) is 11.1 Å². The highest BCUT2D eigenvalue weighted by Crippen LogP contribution is 2.44. The van der Waals surface area contributed by atoms with Gasteiger partial charge in [0.1, 0.15) is 12.4 Å². The second-order valence-electron chi connectivity index (χ2n) is 8.17. The number of nitrogens with one attached hydrogen (secondary N) is 2. The highest BCUT2D eigenvalue weighted by atomic mass is 19.1. The summed E-state index contributed by atoms with van der Waals surface area (Å²) in [5, 5.41) is 23.3. The van der Waals surface area contributed by atoms with E-state index < -0.39 is 35.9 Å². The molecule has 0 radical (unpaired) electrons. The predicted molar refractivity (Wildman–Crippen MR) is 126 cm³/mol. The van der Waals surface area contributed by atoms with E-state index in [1.807, 2.05) is 48.5 Å². The van der Waals surface area contributed by atoms with Crippen LogP contribution in [0.1, 0.15) is 34.3 Å². The van der Waals surface area contributed by atoms with Gasteiger partial charge in [-0.05, 0) is 47.4 Å². The number of amides is 2. The highest BCUT2D eigenvalue weighted by Gasteiger charge is 2.30. The second-order valence-corrected chi connectivity index (χ2v) is 8.17. The Morgan fingerprint density at radius 2 is 1.60 bits per heavy atom. The number of fused-ring (bicyclic) bond motifs is 3. The van der Waals surface area contributed by atoms with Gasteiger partial charge in [0.2, 0.25) is 0 Å². The van der Waals surface area contributed by atoms with E-state index in [1.54, 1.807) is 0 Å². The van der Waals surface area contributed by atoms with Crippen molar-refractivity contribution in [3.8, 4) is 11.1 Å². The van der Waals surface area contributed by atoms with Crippen molar-refractivity contribution in [2.45, 2.75) is 25.0 Å².